The highest BCUT2D eigenvalue weighted by atomic mass is 19.1. The van der Waals surface area contributed by atoms with Crippen molar-refractivity contribution >= 4 is 0 Å². The van der Waals surface area contributed by atoms with Crippen molar-refractivity contribution in [2.24, 2.45) is 0 Å². The van der Waals surface area contributed by atoms with Crippen LogP contribution >= 0.6 is 0 Å². The third-order valence-electron chi connectivity index (χ3n) is 1.95. The van der Waals surface area contributed by atoms with Crippen LogP contribution in [0.3, 0.4) is 0 Å². The Morgan fingerprint density at radius 2 is 1.85 bits per heavy atom. The van der Waals surface area contributed by atoms with Gasteiger partial charge in [0.2, 0.25) is 0 Å². The van der Waals surface area contributed by atoms with E-state index in [1.165, 1.54) is 5.56 Å². The van der Waals surface area contributed by atoms with Gasteiger partial charge in [-0.2, -0.15) is 0 Å². The summed E-state index contributed by atoms with van der Waals surface area (Å²) in [7, 11) is 0. The molecular weight excluding hydrogens is 165 g/mol. The molecule has 0 aliphatic rings. The van der Waals surface area contributed by atoms with Gasteiger partial charge in [-0.3, -0.25) is 0 Å². The Bertz CT molecular complexity index is 244. The molecule has 1 aromatic rings. The van der Waals surface area contributed by atoms with E-state index in [1.807, 2.05) is 44.2 Å². The second kappa shape index (κ2) is 4.38. The maximum Gasteiger partial charge on any atom is 0.107 e. The molecule has 0 aliphatic heterocycles. The monoisotopic (exact) mass is 181 g/mol. The fourth-order valence-electron chi connectivity index (χ4n) is 0.984. The van der Waals surface area contributed by atoms with Gasteiger partial charge in [0.15, 0.2) is 0 Å². The van der Waals surface area contributed by atoms with E-state index in [1.54, 1.807) is 0 Å². The summed E-state index contributed by atoms with van der Waals surface area (Å²) in [6.07, 6.45) is 0. The Morgan fingerprint density at radius 1 is 1.23 bits per heavy atom. The molecule has 0 heterocycles. The highest BCUT2D eigenvalue weighted by Crippen LogP contribution is 2.05. The largest absolute Gasteiger partial charge is 0.305 e. The Morgan fingerprint density at radius 3 is 2.38 bits per heavy atom. The standard InChI is InChI=1S/C11H16FN/c1-11(2,9-12)13-8-10-6-4-3-5-7-10/h3-7,13H,8-9H2,1-2H3. The first-order chi connectivity index (χ1) is 6.14. The molecule has 0 saturated heterocycles. The lowest BCUT2D eigenvalue weighted by Gasteiger charge is -2.22. The summed E-state index contributed by atoms with van der Waals surface area (Å²) in [5.74, 6) is 0. The van der Waals surface area contributed by atoms with Crippen molar-refractivity contribution < 1.29 is 4.39 Å². The summed E-state index contributed by atoms with van der Waals surface area (Å²) in [5.41, 5.74) is 0.763. The van der Waals surface area contributed by atoms with E-state index in [9.17, 15) is 4.39 Å². The van der Waals surface area contributed by atoms with Gasteiger partial charge in [0.05, 0.1) is 0 Å². The average molecular weight is 181 g/mol. The number of nitrogens with one attached hydrogen (secondary N) is 1. The summed E-state index contributed by atoms with van der Waals surface area (Å²) < 4.78 is 12.4. The van der Waals surface area contributed by atoms with E-state index in [0.717, 1.165) is 6.54 Å². The van der Waals surface area contributed by atoms with Crippen LogP contribution in [0, 0.1) is 0 Å². The molecule has 0 aromatic heterocycles. The van der Waals surface area contributed by atoms with Gasteiger partial charge in [-0.25, -0.2) is 4.39 Å². The third kappa shape index (κ3) is 3.55. The summed E-state index contributed by atoms with van der Waals surface area (Å²) in [5, 5.41) is 3.15. The SMILES string of the molecule is CC(C)(CF)NCc1ccccc1. The second-order valence-electron chi connectivity index (χ2n) is 3.86. The molecule has 0 radical (unpaired) electrons. The Labute approximate surface area is 79.0 Å². The Hall–Kier alpha value is -0.890. The molecule has 13 heavy (non-hydrogen) atoms. The van der Waals surface area contributed by atoms with Crippen molar-refractivity contribution in [1.82, 2.24) is 5.32 Å². The molecule has 0 aliphatic carbocycles. The van der Waals surface area contributed by atoms with E-state index in [-0.39, 0.29) is 6.67 Å². The van der Waals surface area contributed by atoms with Crippen molar-refractivity contribution in [3.63, 3.8) is 0 Å². The third-order valence-corrected chi connectivity index (χ3v) is 1.95. The Balaban J connectivity index is 2.44. The zero-order valence-corrected chi connectivity index (χ0v) is 8.18. The number of hydrogen-bond acceptors (Lipinski definition) is 1. The zero-order valence-electron chi connectivity index (χ0n) is 8.18. The van der Waals surface area contributed by atoms with Gasteiger partial charge in [0.25, 0.3) is 0 Å². The predicted molar refractivity (Wildman–Crippen MR) is 53.3 cm³/mol. The van der Waals surface area contributed by atoms with Gasteiger partial charge in [-0.1, -0.05) is 30.3 Å². The van der Waals surface area contributed by atoms with Gasteiger partial charge in [-0.15, -0.1) is 0 Å². The molecule has 1 aromatic carbocycles. The van der Waals surface area contributed by atoms with Crippen LogP contribution < -0.4 is 5.32 Å². The molecule has 2 heteroatoms. The molecule has 0 saturated carbocycles. The van der Waals surface area contributed by atoms with Crippen LogP contribution in [0.15, 0.2) is 30.3 Å². The van der Waals surface area contributed by atoms with Gasteiger partial charge < -0.3 is 5.32 Å². The quantitative estimate of drug-likeness (QED) is 0.752. The summed E-state index contributed by atoms with van der Waals surface area (Å²) >= 11 is 0. The summed E-state index contributed by atoms with van der Waals surface area (Å²) in [6.45, 7) is 4.09. The van der Waals surface area contributed by atoms with Crippen molar-refractivity contribution in [1.29, 1.82) is 0 Å². The van der Waals surface area contributed by atoms with Crippen LogP contribution in [0.25, 0.3) is 0 Å². The van der Waals surface area contributed by atoms with E-state index in [0.29, 0.717) is 0 Å². The molecule has 1 nitrogen and oxygen atoms in total. The zero-order chi connectivity index (χ0) is 9.73. The molecule has 0 bridgehead atoms. The normalized spacial score (nSPS) is 11.6. The lowest BCUT2D eigenvalue weighted by atomic mass is 10.1. The van der Waals surface area contributed by atoms with E-state index >= 15 is 0 Å². The lowest BCUT2D eigenvalue weighted by Crippen LogP contribution is -2.40. The number of benzene rings is 1. The second-order valence-corrected chi connectivity index (χ2v) is 3.86. The summed E-state index contributed by atoms with van der Waals surface area (Å²) in [6, 6.07) is 10.0. The molecule has 0 amide bonds. The van der Waals surface area contributed by atoms with Crippen molar-refractivity contribution in [2.45, 2.75) is 25.9 Å². The van der Waals surface area contributed by atoms with E-state index < -0.39 is 5.54 Å². The summed E-state index contributed by atoms with van der Waals surface area (Å²) in [4.78, 5) is 0. The number of halogens is 1. The van der Waals surface area contributed by atoms with Crippen LogP contribution in [0.4, 0.5) is 4.39 Å². The van der Waals surface area contributed by atoms with Crippen LogP contribution in [0.2, 0.25) is 0 Å². The van der Waals surface area contributed by atoms with Crippen LogP contribution in [-0.2, 0) is 6.54 Å². The van der Waals surface area contributed by atoms with Gasteiger partial charge in [0, 0.05) is 12.1 Å². The first-order valence-corrected chi connectivity index (χ1v) is 4.49. The van der Waals surface area contributed by atoms with Gasteiger partial charge in [-0.05, 0) is 19.4 Å². The number of rotatable bonds is 4. The van der Waals surface area contributed by atoms with E-state index in [2.05, 4.69) is 5.32 Å². The maximum atomic E-state index is 12.4. The fourth-order valence-corrected chi connectivity index (χ4v) is 0.984. The lowest BCUT2D eigenvalue weighted by molar-refractivity contribution is 0.287. The number of alkyl halides is 1. The van der Waals surface area contributed by atoms with E-state index in [4.69, 9.17) is 0 Å². The van der Waals surface area contributed by atoms with Crippen molar-refractivity contribution in [3.8, 4) is 0 Å². The minimum Gasteiger partial charge on any atom is -0.305 e. The molecule has 1 N–H and O–H groups in total. The van der Waals surface area contributed by atoms with Crippen LogP contribution in [-0.4, -0.2) is 12.2 Å². The Kier molecular flexibility index (Phi) is 3.43. The average Bonchev–Trinajstić information content (AvgIpc) is 2.17. The van der Waals surface area contributed by atoms with Crippen molar-refractivity contribution in [2.75, 3.05) is 6.67 Å². The fraction of sp³-hybridized carbons (Fsp3) is 0.455. The van der Waals surface area contributed by atoms with Crippen LogP contribution in [0.5, 0.6) is 0 Å². The molecular formula is C11H16FN. The topological polar surface area (TPSA) is 12.0 Å². The smallest absolute Gasteiger partial charge is 0.107 e. The van der Waals surface area contributed by atoms with Gasteiger partial charge in [0.1, 0.15) is 6.67 Å². The molecule has 1 rings (SSSR count). The minimum atomic E-state index is -0.421. The highest BCUT2D eigenvalue weighted by Gasteiger charge is 2.15. The van der Waals surface area contributed by atoms with Gasteiger partial charge >= 0.3 is 0 Å². The minimum absolute atomic E-state index is 0.347. The molecule has 72 valence electrons. The first kappa shape index (κ1) is 10.2. The molecule has 0 fully saturated rings. The molecule has 0 unspecified atom stereocenters. The first-order valence-electron chi connectivity index (χ1n) is 4.49. The molecule has 0 atom stereocenters. The highest BCUT2D eigenvalue weighted by molar-refractivity contribution is 5.14. The van der Waals surface area contributed by atoms with Crippen LogP contribution in [0.1, 0.15) is 19.4 Å². The maximum absolute atomic E-state index is 12.4. The van der Waals surface area contributed by atoms with Crippen molar-refractivity contribution in [3.05, 3.63) is 35.9 Å². The predicted octanol–water partition coefficient (Wildman–Crippen LogP) is 2.52. The molecule has 0 spiro atoms. The number of hydrogen-bond donors (Lipinski definition) is 1.